The predicted molar refractivity (Wildman–Crippen MR) is 72.8 cm³/mol. The van der Waals surface area contributed by atoms with Gasteiger partial charge in [0.05, 0.1) is 12.7 Å². The van der Waals surface area contributed by atoms with Gasteiger partial charge in [-0.2, -0.15) is 0 Å². The minimum Gasteiger partial charge on any atom is -0.496 e. The zero-order valence-corrected chi connectivity index (χ0v) is 11.6. The van der Waals surface area contributed by atoms with Crippen molar-refractivity contribution in [2.75, 3.05) is 20.2 Å². The number of hydrogen-bond donors (Lipinski definition) is 0. The molecule has 0 atom stereocenters. The maximum atomic E-state index is 12.5. The molecule has 1 heterocycles. The molecule has 0 spiro atoms. The van der Waals surface area contributed by atoms with Gasteiger partial charge in [-0.05, 0) is 24.6 Å². The summed E-state index contributed by atoms with van der Waals surface area (Å²) in [6.07, 6.45) is 1.69. The highest BCUT2D eigenvalue weighted by Crippen LogP contribution is 2.24. The van der Waals surface area contributed by atoms with Gasteiger partial charge in [0.25, 0.3) is 5.91 Å². The number of Topliss-reactive ketones (excluding diaryl/α,β-unsaturated/α-hetero) is 1. The van der Waals surface area contributed by atoms with Crippen LogP contribution >= 0.6 is 11.6 Å². The van der Waals surface area contributed by atoms with Crippen LogP contribution in [0.2, 0.25) is 5.02 Å². The largest absolute Gasteiger partial charge is 0.496 e. The molecule has 0 bridgehead atoms. The van der Waals surface area contributed by atoms with Crippen molar-refractivity contribution in [1.82, 2.24) is 4.90 Å². The summed E-state index contributed by atoms with van der Waals surface area (Å²) in [5, 5.41) is 0.495. The Bertz CT molecular complexity index is 501. The molecule has 5 heteroatoms. The second-order valence-electron chi connectivity index (χ2n) is 4.53. The van der Waals surface area contributed by atoms with Gasteiger partial charge in [-0.3, -0.25) is 9.59 Å². The van der Waals surface area contributed by atoms with E-state index in [2.05, 4.69) is 0 Å². The van der Waals surface area contributed by atoms with E-state index in [0.29, 0.717) is 48.7 Å². The Hall–Kier alpha value is -1.55. The quantitative estimate of drug-likeness (QED) is 0.837. The summed E-state index contributed by atoms with van der Waals surface area (Å²) in [7, 11) is 1.52. The molecule has 1 aromatic carbocycles. The summed E-state index contributed by atoms with van der Waals surface area (Å²) in [4.78, 5) is 25.5. The van der Waals surface area contributed by atoms with Crippen LogP contribution in [0.25, 0.3) is 0 Å². The summed E-state index contributed by atoms with van der Waals surface area (Å²) >= 11 is 5.93. The summed E-state index contributed by atoms with van der Waals surface area (Å²) < 4.78 is 5.19. The number of amides is 1. The fourth-order valence-corrected chi connectivity index (χ4v) is 2.36. The lowest BCUT2D eigenvalue weighted by atomic mass is 10.1. The molecule has 1 aliphatic rings. The van der Waals surface area contributed by atoms with Crippen LogP contribution < -0.4 is 4.74 Å². The van der Waals surface area contributed by atoms with Gasteiger partial charge in [0.1, 0.15) is 11.5 Å². The van der Waals surface area contributed by atoms with Gasteiger partial charge in [-0.25, -0.2) is 0 Å². The Morgan fingerprint density at radius 3 is 2.84 bits per heavy atom. The van der Waals surface area contributed by atoms with Crippen LogP contribution in [-0.2, 0) is 4.79 Å². The van der Waals surface area contributed by atoms with Crippen LogP contribution in [0.5, 0.6) is 5.75 Å². The number of carbonyl (C=O) groups excluding carboxylic acids is 2. The number of benzene rings is 1. The van der Waals surface area contributed by atoms with Gasteiger partial charge in [0, 0.05) is 31.0 Å². The molecule has 0 N–H and O–H groups in total. The summed E-state index contributed by atoms with van der Waals surface area (Å²) in [5.41, 5.74) is 0.448. The number of ether oxygens (including phenoxy) is 1. The maximum Gasteiger partial charge on any atom is 0.257 e. The zero-order chi connectivity index (χ0) is 13.8. The van der Waals surface area contributed by atoms with Crippen molar-refractivity contribution in [2.24, 2.45) is 0 Å². The Morgan fingerprint density at radius 1 is 1.32 bits per heavy atom. The van der Waals surface area contributed by atoms with E-state index >= 15 is 0 Å². The highest BCUT2D eigenvalue weighted by atomic mass is 35.5. The average molecular weight is 282 g/mol. The smallest absolute Gasteiger partial charge is 0.257 e. The molecule has 1 fully saturated rings. The molecular formula is C14H16ClNO3. The molecule has 102 valence electrons. The average Bonchev–Trinajstić information content (AvgIpc) is 2.62. The first-order valence-corrected chi connectivity index (χ1v) is 6.64. The molecule has 0 radical (unpaired) electrons. The molecule has 1 aliphatic heterocycles. The van der Waals surface area contributed by atoms with Crippen molar-refractivity contribution in [1.29, 1.82) is 0 Å². The molecule has 0 aromatic heterocycles. The molecule has 0 saturated carbocycles. The third kappa shape index (κ3) is 3.26. The lowest BCUT2D eigenvalue weighted by molar-refractivity contribution is -0.118. The Morgan fingerprint density at radius 2 is 2.11 bits per heavy atom. The van der Waals surface area contributed by atoms with Crippen molar-refractivity contribution >= 4 is 23.3 Å². The number of likely N-dealkylation sites (tertiary alicyclic amines) is 1. The summed E-state index contributed by atoms with van der Waals surface area (Å²) in [6.45, 7) is 1.06. The van der Waals surface area contributed by atoms with Crippen LogP contribution in [0.3, 0.4) is 0 Å². The molecule has 19 heavy (non-hydrogen) atoms. The highest BCUT2D eigenvalue weighted by Gasteiger charge is 2.22. The minimum atomic E-state index is -0.131. The topological polar surface area (TPSA) is 46.6 Å². The van der Waals surface area contributed by atoms with E-state index in [1.165, 1.54) is 7.11 Å². The number of rotatable bonds is 2. The fraction of sp³-hybridized carbons (Fsp3) is 0.429. The van der Waals surface area contributed by atoms with Gasteiger partial charge < -0.3 is 9.64 Å². The summed E-state index contributed by atoms with van der Waals surface area (Å²) in [5.74, 6) is 0.590. The van der Waals surface area contributed by atoms with Crippen molar-refractivity contribution in [2.45, 2.75) is 19.3 Å². The van der Waals surface area contributed by atoms with Crippen LogP contribution in [-0.4, -0.2) is 36.8 Å². The number of ketones is 1. The predicted octanol–water partition coefficient (Wildman–Crippen LogP) is 2.54. The van der Waals surface area contributed by atoms with E-state index in [0.717, 1.165) is 0 Å². The van der Waals surface area contributed by atoms with E-state index in [4.69, 9.17) is 16.3 Å². The van der Waals surface area contributed by atoms with Crippen molar-refractivity contribution in [3.63, 3.8) is 0 Å². The molecular weight excluding hydrogens is 266 g/mol. The zero-order valence-electron chi connectivity index (χ0n) is 10.8. The van der Waals surface area contributed by atoms with E-state index in [-0.39, 0.29) is 11.7 Å². The van der Waals surface area contributed by atoms with E-state index in [1.54, 1.807) is 23.1 Å². The van der Waals surface area contributed by atoms with Gasteiger partial charge in [0.15, 0.2) is 0 Å². The highest BCUT2D eigenvalue weighted by molar-refractivity contribution is 6.31. The van der Waals surface area contributed by atoms with Gasteiger partial charge in [-0.15, -0.1) is 0 Å². The Kier molecular flexibility index (Phi) is 4.43. The number of halogens is 1. The standard InChI is InChI=1S/C14H16ClNO3/c1-19-13-5-4-10(15)9-12(13)14(18)16-7-2-3-11(17)6-8-16/h4-5,9H,2-3,6-8H2,1H3. The molecule has 1 aromatic rings. The second kappa shape index (κ2) is 6.06. The van der Waals surface area contributed by atoms with E-state index < -0.39 is 0 Å². The fourth-order valence-electron chi connectivity index (χ4n) is 2.18. The first-order chi connectivity index (χ1) is 9.11. The monoisotopic (exact) mass is 281 g/mol. The summed E-state index contributed by atoms with van der Waals surface area (Å²) in [6, 6.07) is 4.97. The lowest BCUT2D eigenvalue weighted by Crippen LogP contribution is -2.32. The van der Waals surface area contributed by atoms with Crippen LogP contribution in [0.15, 0.2) is 18.2 Å². The van der Waals surface area contributed by atoms with Crippen molar-refractivity contribution < 1.29 is 14.3 Å². The third-order valence-corrected chi connectivity index (χ3v) is 3.46. The number of hydrogen-bond acceptors (Lipinski definition) is 3. The SMILES string of the molecule is COc1ccc(Cl)cc1C(=O)N1CCCC(=O)CC1. The van der Waals surface area contributed by atoms with Crippen LogP contribution in [0, 0.1) is 0 Å². The van der Waals surface area contributed by atoms with Crippen LogP contribution in [0.4, 0.5) is 0 Å². The third-order valence-electron chi connectivity index (χ3n) is 3.22. The van der Waals surface area contributed by atoms with E-state index in [9.17, 15) is 9.59 Å². The molecule has 0 aliphatic carbocycles. The normalized spacial score (nSPS) is 16.1. The first-order valence-electron chi connectivity index (χ1n) is 6.26. The Balaban J connectivity index is 2.23. The minimum absolute atomic E-state index is 0.131. The van der Waals surface area contributed by atoms with Gasteiger partial charge >= 0.3 is 0 Å². The Labute approximate surface area is 117 Å². The lowest BCUT2D eigenvalue weighted by Gasteiger charge is -2.21. The first kappa shape index (κ1) is 13.9. The van der Waals surface area contributed by atoms with Crippen molar-refractivity contribution in [3.8, 4) is 5.75 Å². The van der Waals surface area contributed by atoms with Crippen molar-refractivity contribution in [3.05, 3.63) is 28.8 Å². The van der Waals surface area contributed by atoms with Gasteiger partial charge in [-0.1, -0.05) is 11.6 Å². The molecule has 1 saturated heterocycles. The molecule has 2 rings (SSSR count). The molecule has 0 unspecified atom stereocenters. The van der Waals surface area contributed by atoms with Gasteiger partial charge in [0.2, 0.25) is 0 Å². The number of carbonyl (C=O) groups is 2. The number of methoxy groups -OCH3 is 1. The van der Waals surface area contributed by atoms with E-state index in [1.807, 2.05) is 0 Å². The molecule has 1 amide bonds. The van der Waals surface area contributed by atoms with Crippen LogP contribution in [0.1, 0.15) is 29.6 Å². The second-order valence-corrected chi connectivity index (χ2v) is 4.97. The maximum absolute atomic E-state index is 12.5. The number of nitrogens with zero attached hydrogens (tertiary/aromatic N) is 1. The molecule has 4 nitrogen and oxygen atoms in total.